The summed E-state index contributed by atoms with van der Waals surface area (Å²) in [5, 5.41) is 0. The predicted octanol–water partition coefficient (Wildman–Crippen LogP) is 3.90. The zero-order chi connectivity index (χ0) is 20.4. The van der Waals surface area contributed by atoms with E-state index in [1.165, 1.54) is 5.56 Å². The molecule has 3 aromatic rings. The van der Waals surface area contributed by atoms with Crippen LogP contribution in [0.3, 0.4) is 0 Å². The average molecular weight is 410 g/mol. The van der Waals surface area contributed by atoms with Crippen LogP contribution in [0.1, 0.15) is 38.6 Å². The number of rotatable bonds is 5. The lowest BCUT2D eigenvalue weighted by molar-refractivity contribution is 0.0701. The first-order valence-electron chi connectivity index (χ1n) is 9.60. The van der Waals surface area contributed by atoms with E-state index in [1.807, 2.05) is 43.3 Å². The summed E-state index contributed by atoms with van der Waals surface area (Å²) >= 11 is 0. The highest BCUT2D eigenvalue weighted by atomic mass is 32.2. The van der Waals surface area contributed by atoms with Crippen LogP contribution in [0, 0.1) is 6.92 Å². The molecule has 1 aliphatic rings. The van der Waals surface area contributed by atoms with Crippen LogP contribution < -0.4 is 0 Å². The molecule has 1 aromatic heterocycles. The van der Waals surface area contributed by atoms with Crippen LogP contribution in [0.25, 0.3) is 0 Å². The Morgan fingerprint density at radius 3 is 2.59 bits per heavy atom. The zero-order valence-corrected chi connectivity index (χ0v) is 17.1. The Hall–Kier alpha value is -2.86. The molecule has 0 fully saturated rings. The summed E-state index contributed by atoms with van der Waals surface area (Å²) in [4.78, 5) is 14.5. The molecule has 0 atom stereocenters. The molecule has 1 aliphatic heterocycles. The number of hydrogen-bond acceptors (Lipinski definition) is 4. The van der Waals surface area contributed by atoms with Crippen molar-refractivity contribution in [2.75, 3.05) is 6.54 Å². The Morgan fingerprint density at radius 1 is 1.00 bits per heavy atom. The highest BCUT2D eigenvalue weighted by Crippen LogP contribution is 2.22. The summed E-state index contributed by atoms with van der Waals surface area (Å²) in [5.74, 6) is -0.0103. The molecule has 4 rings (SSSR count). The average Bonchev–Trinajstić information content (AvgIpc) is 3.14. The zero-order valence-electron chi connectivity index (χ0n) is 16.3. The van der Waals surface area contributed by atoms with E-state index in [9.17, 15) is 13.2 Å². The molecule has 29 heavy (non-hydrogen) atoms. The van der Waals surface area contributed by atoms with Gasteiger partial charge in [0.25, 0.3) is 5.91 Å². The number of hydrogen-bond donors (Lipinski definition) is 0. The van der Waals surface area contributed by atoms with Gasteiger partial charge in [0.2, 0.25) is 0 Å². The minimum atomic E-state index is -3.40. The molecule has 0 bridgehead atoms. The van der Waals surface area contributed by atoms with Crippen molar-refractivity contribution < 1.29 is 17.6 Å². The number of fused-ring (bicyclic) bond motifs is 1. The first kappa shape index (κ1) is 19.5. The van der Waals surface area contributed by atoms with Gasteiger partial charge in [-0.3, -0.25) is 4.79 Å². The predicted molar refractivity (Wildman–Crippen MR) is 111 cm³/mol. The molecule has 0 saturated carbocycles. The van der Waals surface area contributed by atoms with Crippen molar-refractivity contribution in [1.29, 1.82) is 0 Å². The van der Waals surface area contributed by atoms with E-state index >= 15 is 0 Å². The molecule has 1 amide bonds. The lowest BCUT2D eigenvalue weighted by Gasteiger charge is -2.28. The van der Waals surface area contributed by atoms with Gasteiger partial charge in [0.05, 0.1) is 5.75 Å². The molecule has 0 spiro atoms. The number of sulfone groups is 1. The molecule has 5 nitrogen and oxygen atoms in total. The maximum absolute atomic E-state index is 12.8. The van der Waals surface area contributed by atoms with Crippen LogP contribution in [0.4, 0.5) is 0 Å². The normalized spacial score (nSPS) is 13.9. The number of nitrogens with zero attached hydrogens (tertiary/aromatic N) is 1. The summed E-state index contributed by atoms with van der Waals surface area (Å²) in [6, 6.07) is 18.7. The summed E-state index contributed by atoms with van der Waals surface area (Å²) in [5.41, 5.74) is 4.17. The Balaban J connectivity index is 1.43. The number of furan rings is 1. The Morgan fingerprint density at radius 2 is 1.79 bits per heavy atom. The third kappa shape index (κ3) is 4.59. The van der Waals surface area contributed by atoms with Crippen molar-refractivity contribution in [2.24, 2.45) is 0 Å². The topological polar surface area (TPSA) is 67.6 Å². The number of benzene rings is 2. The SMILES string of the molecule is Cc1cccc(CS(=O)(=O)Cc2ccc(C(=O)N3CCc4ccccc4C3)o2)c1. The number of amides is 1. The van der Waals surface area contributed by atoms with Crippen molar-refractivity contribution >= 4 is 15.7 Å². The van der Waals surface area contributed by atoms with E-state index in [-0.39, 0.29) is 23.2 Å². The first-order chi connectivity index (χ1) is 13.9. The van der Waals surface area contributed by atoms with E-state index in [1.54, 1.807) is 23.1 Å². The van der Waals surface area contributed by atoms with E-state index in [0.29, 0.717) is 18.8 Å². The summed E-state index contributed by atoms with van der Waals surface area (Å²) < 4.78 is 30.7. The van der Waals surface area contributed by atoms with Gasteiger partial charge in [-0.25, -0.2) is 8.42 Å². The quantitative estimate of drug-likeness (QED) is 0.641. The molecular weight excluding hydrogens is 386 g/mol. The fourth-order valence-electron chi connectivity index (χ4n) is 3.72. The van der Waals surface area contributed by atoms with Gasteiger partial charge < -0.3 is 9.32 Å². The van der Waals surface area contributed by atoms with Gasteiger partial charge in [0.1, 0.15) is 11.5 Å². The molecule has 150 valence electrons. The Kier molecular flexibility index (Phi) is 5.28. The van der Waals surface area contributed by atoms with Crippen molar-refractivity contribution in [3.8, 4) is 0 Å². The van der Waals surface area contributed by atoms with Crippen LogP contribution >= 0.6 is 0 Å². The lowest BCUT2D eigenvalue weighted by atomic mass is 10.00. The summed E-state index contributed by atoms with van der Waals surface area (Å²) in [6.45, 7) is 3.09. The number of carbonyl (C=O) groups is 1. The van der Waals surface area contributed by atoms with Crippen LogP contribution in [0.5, 0.6) is 0 Å². The minimum Gasteiger partial charge on any atom is -0.455 e. The second kappa shape index (κ2) is 7.87. The van der Waals surface area contributed by atoms with Gasteiger partial charge in [0.15, 0.2) is 15.6 Å². The second-order valence-corrected chi connectivity index (χ2v) is 9.60. The molecule has 0 unspecified atom stereocenters. The van der Waals surface area contributed by atoms with E-state index in [0.717, 1.165) is 23.1 Å². The van der Waals surface area contributed by atoms with E-state index < -0.39 is 9.84 Å². The smallest absolute Gasteiger partial charge is 0.289 e. The molecule has 6 heteroatoms. The summed E-state index contributed by atoms with van der Waals surface area (Å²) in [6.07, 6.45) is 0.806. The second-order valence-electron chi connectivity index (χ2n) is 7.53. The van der Waals surface area contributed by atoms with Crippen molar-refractivity contribution in [3.63, 3.8) is 0 Å². The monoisotopic (exact) mass is 409 g/mol. The van der Waals surface area contributed by atoms with Gasteiger partial charge in [-0.1, -0.05) is 54.1 Å². The lowest BCUT2D eigenvalue weighted by Crippen LogP contribution is -2.35. The van der Waals surface area contributed by atoms with Gasteiger partial charge in [-0.05, 0) is 42.2 Å². The maximum atomic E-state index is 12.8. The number of aryl methyl sites for hydroxylation is 1. The van der Waals surface area contributed by atoms with Crippen LogP contribution in [0.15, 0.2) is 65.1 Å². The van der Waals surface area contributed by atoms with Crippen molar-refractivity contribution in [2.45, 2.75) is 31.4 Å². The summed E-state index contributed by atoms with van der Waals surface area (Å²) in [7, 11) is -3.40. The van der Waals surface area contributed by atoms with E-state index in [4.69, 9.17) is 4.42 Å². The van der Waals surface area contributed by atoms with Gasteiger partial charge in [-0.2, -0.15) is 0 Å². The Labute approximate surface area is 170 Å². The van der Waals surface area contributed by atoms with Gasteiger partial charge >= 0.3 is 0 Å². The van der Waals surface area contributed by atoms with Crippen LogP contribution in [-0.2, 0) is 34.3 Å². The largest absolute Gasteiger partial charge is 0.455 e. The van der Waals surface area contributed by atoms with Crippen molar-refractivity contribution in [1.82, 2.24) is 4.90 Å². The molecule has 2 heterocycles. The fourth-order valence-corrected chi connectivity index (χ4v) is 5.10. The molecule has 0 N–H and O–H groups in total. The molecule has 0 radical (unpaired) electrons. The molecule has 2 aromatic carbocycles. The molecular formula is C23H23NO4S. The Bertz CT molecular complexity index is 1150. The van der Waals surface area contributed by atoms with E-state index in [2.05, 4.69) is 6.07 Å². The molecule has 0 aliphatic carbocycles. The van der Waals surface area contributed by atoms with Crippen LogP contribution in [-0.4, -0.2) is 25.8 Å². The maximum Gasteiger partial charge on any atom is 0.289 e. The van der Waals surface area contributed by atoms with Crippen molar-refractivity contribution in [3.05, 3.63) is 94.4 Å². The highest BCUT2D eigenvalue weighted by molar-refractivity contribution is 7.89. The third-order valence-corrected chi connectivity index (χ3v) is 6.62. The first-order valence-corrected chi connectivity index (χ1v) is 11.4. The highest BCUT2D eigenvalue weighted by Gasteiger charge is 2.24. The van der Waals surface area contributed by atoms with Gasteiger partial charge in [0, 0.05) is 13.1 Å². The molecule has 0 saturated heterocycles. The van der Waals surface area contributed by atoms with Gasteiger partial charge in [-0.15, -0.1) is 0 Å². The standard InChI is InChI=1S/C23H23NO4S/c1-17-5-4-6-18(13-17)15-29(26,27)16-21-9-10-22(28-21)23(25)24-12-11-19-7-2-3-8-20(19)14-24/h2-10,13H,11-12,14-16H2,1H3. The fraction of sp³-hybridized carbons (Fsp3) is 0.261. The number of carbonyl (C=O) groups excluding carboxylic acids is 1. The van der Waals surface area contributed by atoms with Crippen LogP contribution in [0.2, 0.25) is 0 Å². The minimum absolute atomic E-state index is 0.0540. The third-order valence-electron chi connectivity index (χ3n) is 5.12.